The highest BCUT2D eigenvalue weighted by Crippen LogP contribution is 2.24. The third kappa shape index (κ3) is 2.27. The molecule has 1 aromatic carbocycles. The maximum Gasteiger partial charge on any atom is 0.251 e. The number of anilines is 1. The van der Waals surface area contributed by atoms with Crippen LogP contribution in [0, 0.1) is 0 Å². The molecule has 102 valence electrons. The molecule has 1 aliphatic heterocycles. The summed E-state index contributed by atoms with van der Waals surface area (Å²) in [5.74, 6) is 0.465. The molecule has 3 N–H and O–H groups in total. The summed E-state index contributed by atoms with van der Waals surface area (Å²) < 4.78 is 0. The quantitative estimate of drug-likeness (QED) is 0.787. The minimum absolute atomic E-state index is 0.0403. The van der Waals surface area contributed by atoms with E-state index >= 15 is 0 Å². The standard InChI is InChI=1S/C14H14N4O2/c1-8(13-15-4-5-16-13)17-14(20)10-3-2-9-7-12(19)18-11(9)6-10/h2-6,8H,7H2,1H3,(H,15,16)(H,17,20)(H,18,19). The van der Waals surface area contributed by atoms with Crippen LogP contribution in [-0.2, 0) is 11.2 Å². The average Bonchev–Trinajstić information content (AvgIpc) is 3.05. The zero-order chi connectivity index (χ0) is 14.1. The number of aromatic amines is 1. The van der Waals surface area contributed by atoms with E-state index in [9.17, 15) is 9.59 Å². The molecule has 0 aliphatic carbocycles. The summed E-state index contributed by atoms with van der Waals surface area (Å²) in [6, 6.07) is 5.02. The predicted octanol–water partition coefficient (Wildman–Crippen LogP) is 1.40. The van der Waals surface area contributed by atoms with E-state index in [2.05, 4.69) is 20.6 Å². The largest absolute Gasteiger partial charge is 0.347 e. The fourth-order valence-corrected chi connectivity index (χ4v) is 2.22. The average molecular weight is 270 g/mol. The molecular formula is C14H14N4O2. The molecule has 0 fully saturated rings. The predicted molar refractivity (Wildman–Crippen MR) is 73.2 cm³/mol. The molecule has 2 aromatic rings. The number of nitrogens with one attached hydrogen (secondary N) is 3. The van der Waals surface area contributed by atoms with E-state index in [1.54, 1.807) is 30.6 Å². The Morgan fingerprint density at radius 3 is 3.05 bits per heavy atom. The van der Waals surface area contributed by atoms with Gasteiger partial charge in [-0.25, -0.2) is 4.98 Å². The lowest BCUT2D eigenvalue weighted by Gasteiger charge is -2.12. The van der Waals surface area contributed by atoms with E-state index in [-0.39, 0.29) is 17.9 Å². The van der Waals surface area contributed by atoms with E-state index < -0.39 is 0 Å². The van der Waals surface area contributed by atoms with Crippen molar-refractivity contribution in [2.75, 3.05) is 5.32 Å². The molecule has 0 spiro atoms. The summed E-state index contributed by atoms with van der Waals surface area (Å²) in [5, 5.41) is 5.59. The van der Waals surface area contributed by atoms with E-state index in [1.165, 1.54) is 0 Å². The van der Waals surface area contributed by atoms with Gasteiger partial charge in [-0.15, -0.1) is 0 Å². The Hall–Kier alpha value is -2.63. The molecule has 2 amide bonds. The Morgan fingerprint density at radius 1 is 1.45 bits per heavy atom. The third-order valence-electron chi connectivity index (χ3n) is 3.27. The number of hydrogen-bond donors (Lipinski definition) is 3. The van der Waals surface area contributed by atoms with Gasteiger partial charge in [0.1, 0.15) is 5.82 Å². The van der Waals surface area contributed by atoms with Crippen LogP contribution in [-0.4, -0.2) is 21.8 Å². The lowest BCUT2D eigenvalue weighted by atomic mass is 10.1. The van der Waals surface area contributed by atoms with Crippen LogP contribution in [0.3, 0.4) is 0 Å². The Bertz CT molecular complexity index is 664. The SMILES string of the molecule is CC(NC(=O)c1ccc2c(c1)NC(=O)C2)c1ncc[nH]1. The van der Waals surface area contributed by atoms with Crippen molar-refractivity contribution < 1.29 is 9.59 Å². The first-order valence-electron chi connectivity index (χ1n) is 6.36. The van der Waals surface area contributed by atoms with Crippen LogP contribution in [0.4, 0.5) is 5.69 Å². The summed E-state index contributed by atoms with van der Waals surface area (Å²) in [7, 11) is 0. The first kappa shape index (κ1) is 12.4. The zero-order valence-corrected chi connectivity index (χ0v) is 10.9. The molecular weight excluding hydrogens is 256 g/mol. The number of fused-ring (bicyclic) bond motifs is 1. The Balaban J connectivity index is 1.75. The molecule has 20 heavy (non-hydrogen) atoms. The first-order chi connectivity index (χ1) is 9.63. The van der Waals surface area contributed by atoms with Gasteiger partial charge in [0, 0.05) is 23.6 Å². The summed E-state index contributed by atoms with van der Waals surface area (Å²) in [5.41, 5.74) is 2.16. The monoisotopic (exact) mass is 270 g/mol. The first-order valence-corrected chi connectivity index (χ1v) is 6.36. The summed E-state index contributed by atoms with van der Waals surface area (Å²) in [4.78, 5) is 30.5. The minimum Gasteiger partial charge on any atom is -0.347 e. The molecule has 6 nitrogen and oxygen atoms in total. The molecule has 6 heteroatoms. The maximum absolute atomic E-state index is 12.2. The van der Waals surface area contributed by atoms with Crippen molar-refractivity contribution in [3.8, 4) is 0 Å². The van der Waals surface area contributed by atoms with Gasteiger partial charge in [-0.1, -0.05) is 6.07 Å². The fraction of sp³-hybridized carbons (Fsp3) is 0.214. The summed E-state index contributed by atoms with van der Waals surface area (Å²) in [6.45, 7) is 1.85. The third-order valence-corrected chi connectivity index (χ3v) is 3.27. The zero-order valence-electron chi connectivity index (χ0n) is 10.9. The number of nitrogens with zero attached hydrogens (tertiary/aromatic N) is 1. The van der Waals surface area contributed by atoms with Crippen molar-refractivity contribution in [2.24, 2.45) is 0 Å². The van der Waals surface area contributed by atoms with Gasteiger partial charge < -0.3 is 15.6 Å². The number of imidazole rings is 1. The lowest BCUT2D eigenvalue weighted by Crippen LogP contribution is -2.27. The molecule has 0 bridgehead atoms. The van der Waals surface area contributed by atoms with Gasteiger partial charge in [-0.3, -0.25) is 9.59 Å². The molecule has 1 unspecified atom stereocenters. The van der Waals surface area contributed by atoms with Gasteiger partial charge in [0.15, 0.2) is 0 Å². The van der Waals surface area contributed by atoms with Gasteiger partial charge in [-0.05, 0) is 24.6 Å². The van der Waals surface area contributed by atoms with Crippen molar-refractivity contribution >= 4 is 17.5 Å². The smallest absolute Gasteiger partial charge is 0.251 e. The van der Waals surface area contributed by atoms with Crippen LogP contribution in [0.25, 0.3) is 0 Å². The number of rotatable bonds is 3. The van der Waals surface area contributed by atoms with Crippen molar-refractivity contribution in [3.05, 3.63) is 47.5 Å². The van der Waals surface area contributed by atoms with E-state index in [1.807, 2.05) is 6.92 Å². The van der Waals surface area contributed by atoms with Crippen LogP contribution in [0.5, 0.6) is 0 Å². The summed E-state index contributed by atoms with van der Waals surface area (Å²) in [6.07, 6.45) is 3.73. The Kier molecular flexibility index (Phi) is 2.98. The number of benzene rings is 1. The second-order valence-electron chi connectivity index (χ2n) is 4.77. The highest BCUT2D eigenvalue weighted by molar-refractivity contribution is 6.02. The van der Waals surface area contributed by atoms with Crippen LogP contribution < -0.4 is 10.6 Å². The van der Waals surface area contributed by atoms with Crippen LogP contribution in [0.15, 0.2) is 30.6 Å². The van der Waals surface area contributed by atoms with Crippen LogP contribution in [0.2, 0.25) is 0 Å². The fourth-order valence-electron chi connectivity index (χ4n) is 2.22. The van der Waals surface area contributed by atoms with Crippen LogP contribution in [0.1, 0.15) is 34.7 Å². The van der Waals surface area contributed by atoms with E-state index in [0.29, 0.717) is 23.5 Å². The van der Waals surface area contributed by atoms with E-state index in [0.717, 1.165) is 5.56 Å². The molecule has 2 heterocycles. The van der Waals surface area contributed by atoms with Crippen molar-refractivity contribution in [2.45, 2.75) is 19.4 Å². The Labute approximate surface area is 115 Å². The number of hydrogen-bond acceptors (Lipinski definition) is 3. The molecule has 1 aromatic heterocycles. The van der Waals surface area contributed by atoms with E-state index in [4.69, 9.17) is 0 Å². The van der Waals surface area contributed by atoms with Crippen molar-refractivity contribution in [3.63, 3.8) is 0 Å². The molecule has 3 rings (SSSR count). The molecule has 1 aliphatic rings. The Morgan fingerprint density at radius 2 is 2.30 bits per heavy atom. The normalized spacial score (nSPS) is 14.6. The minimum atomic E-state index is -0.208. The second kappa shape index (κ2) is 4.80. The molecule has 0 radical (unpaired) electrons. The highest BCUT2D eigenvalue weighted by atomic mass is 16.2. The maximum atomic E-state index is 12.2. The summed E-state index contributed by atoms with van der Waals surface area (Å²) >= 11 is 0. The topological polar surface area (TPSA) is 86.9 Å². The van der Waals surface area contributed by atoms with Crippen molar-refractivity contribution in [1.82, 2.24) is 15.3 Å². The molecule has 0 saturated heterocycles. The van der Waals surface area contributed by atoms with Gasteiger partial charge in [0.25, 0.3) is 5.91 Å². The second-order valence-corrected chi connectivity index (χ2v) is 4.77. The van der Waals surface area contributed by atoms with Crippen LogP contribution >= 0.6 is 0 Å². The number of carbonyl (C=O) groups is 2. The van der Waals surface area contributed by atoms with Gasteiger partial charge in [0.05, 0.1) is 12.5 Å². The van der Waals surface area contributed by atoms with Crippen molar-refractivity contribution in [1.29, 1.82) is 0 Å². The number of aromatic nitrogens is 2. The van der Waals surface area contributed by atoms with Gasteiger partial charge >= 0.3 is 0 Å². The molecule has 1 atom stereocenters. The van der Waals surface area contributed by atoms with Gasteiger partial charge in [-0.2, -0.15) is 0 Å². The molecule has 0 saturated carbocycles. The number of amides is 2. The lowest BCUT2D eigenvalue weighted by molar-refractivity contribution is -0.115. The highest BCUT2D eigenvalue weighted by Gasteiger charge is 2.20. The number of H-pyrrole nitrogens is 1. The van der Waals surface area contributed by atoms with Gasteiger partial charge in [0.2, 0.25) is 5.91 Å². The number of carbonyl (C=O) groups excluding carboxylic acids is 2.